The van der Waals surface area contributed by atoms with Crippen molar-refractivity contribution in [3.8, 4) is 0 Å². The van der Waals surface area contributed by atoms with Gasteiger partial charge in [-0.3, -0.25) is 4.90 Å². The molecule has 2 N–H and O–H groups in total. The lowest BCUT2D eigenvalue weighted by molar-refractivity contribution is 0.280. The molecule has 0 saturated carbocycles. The number of hydrogen-bond acceptors (Lipinski definition) is 2. The highest BCUT2D eigenvalue weighted by Gasteiger charge is 2.05. The average Bonchev–Trinajstić information content (AvgIpc) is 2.21. The monoisotopic (exact) mass is 270 g/mol. The van der Waals surface area contributed by atoms with Crippen molar-refractivity contribution < 1.29 is 0 Å². The van der Waals surface area contributed by atoms with Gasteiger partial charge in [0.05, 0.1) is 0 Å². The molecule has 0 heterocycles. The first-order chi connectivity index (χ1) is 7.17. The Morgan fingerprint density at radius 1 is 1.33 bits per heavy atom. The second-order valence-electron chi connectivity index (χ2n) is 3.72. The van der Waals surface area contributed by atoms with Gasteiger partial charge in [0.1, 0.15) is 0 Å². The van der Waals surface area contributed by atoms with Crippen LogP contribution in [-0.2, 0) is 6.54 Å². The zero-order chi connectivity index (χ0) is 11.3. The third-order valence-corrected chi connectivity index (χ3v) is 3.20. The molecule has 0 spiro atoms. The maximum absolute atomic E-state index is 5.71. The molecule has 0 aliphatic rings. The molecule has 2 nitrogen and oxygen atoms in total. The first-order valence-electron chi connectivity index (χ1n) is 5.43. The second kappa shape index (κ2) is 6.13. The number of nitrogen functional groups attached to an aromatic ring is 1. The lowest BCUT2D eigenvalue weighted by Crippen LogP contribution is -2.23. The number of nitrogens with two attached hydrogens (primary N) is 1. The zero-order valence-electron chi connectivity index (χ0n) is 9.46. The molecule has 1 rings (SSSR count). The van der Waals surface area contributed by atoms with Gasteiger partial charge in [-0.25, -0.2) is 0 Å². The Morgan fingerprint density at radius 2 is 2.07 bits per heavy atom. The van der Waals surface area contributed by atoms with Crippen LogP contribution in [0.15, 0.2) is 22.7 Å². The van der Waals surface area contributed by atoms with Gasteiger partial charge in [-0.1, -0.05) is 35.8 Å². The molecule has 0 bridgehead atoms. The van der Waals surface area contributed by atoms with Crippen molar-refractivity contribution in [2.45, 2.75) is 26.8 Å². The van der Waals surface area contributed by atoms with Gasteiger partial charge in [-0.15, -0.1) is 0 Å². The summed E-state index contributed by atoms with van der Waals surface area (Å²) in [7, 11) is 0. The predicted molar refractivity (Wildman–Crippen MR) is 69.8 cm³/mol. The highest BCUT2D eigenvalue weighted by atomic mass is 79.9. The molecule has 0 amide bonds. The molecular weight excluding hydrogens is 252 g/mol. The molecular formula is C12H19BrN2. The third kappa shape index (κ3) is 3.84. The van der Waals surface area contributed by atoms with Crippen molar-refractivity contribution in [3.05, 3.63) is 28.2 Å². The van der Waals surface area contributed by atoms with Crippen LogP contribution in [0.1, 0.15) is 25.8 Å². The summed E-state index contributed by atoms with van der Waals surface area (Å²) < 4.78 is 1.11. The van der Waals surface area contributed by atoms with E-state index in [1.54, 1.807) is 0 Å². The molecule has 84 valence electrons. The molecule has 0 aliphatic heterocycles. The molecule has 0 atom stereocenters. The van der Waals surface area contributed by atoms with E-state index < -0.39 is 0 Å². The van der Waals surface area contributed by atoms with E-state index in [0.717, 1.165) is 29.8 Å². The number of anilines is 1. The maximum Gasteiger partial charge on any atom is 0.0325 e. The van der Waals surface area contributed by atoms with Crippen molar-refractivity contribution in [3.63, 3.8) is 0 Å². The van der Waals surface area contributed by atoms with Crippen molar-refractivity contribution in [1.82, 2.24) is 4.90 Å². The topological polar surface area (TPSA) is 29.3 Å². The summed E-state index contributed by atoms with van der Waals surface area (Å²) in [5, 5.41) is 0. The second-order valence-corrected chi connectivity index (χ2v) is 4.57. The Labute approximate surface area is 101 Å². The third-order valence-electron chi connectivity index (χ3n) is 2.46. The fourth-order valence-corrected chi connectivity index (χ4v) is 2.12. The van der Waals surface area contributed by atoms with Crippen LogP contribution in [0.5, 0.6) is 0 Å². The van der Waals surface area contributed by atoms with E-state index in [-0.39, 0.29) is 0 Å². The lowest BCUT2D eigenvalue weighted by Gasteiger charge is -2.20. The summed E-state index contributed by atoms with van der Waals surface area (Å²) in [4.78, 5) is 2.43. The van der Waals surface area contributed by atoms with E-state index in [2.05, 4.69) is 40.7 Å². The number of rotatable bonds is 5. The Hall–Kier alpha value is -0.540. The normalized spacial score (nSPS) is 10.9. The van der Waals surface area contributed by atoms with Crippen LogP contribution in [0.2, 0.25) is 0 Å². The number of halogens is 1. The Kier molecular flexibility index (Phi) is 5.12. The van der Waals surface area contributed by atoms with Gasteiger partial charge in [-0.05, 0) is 37.2 Å². The van der Waals surface area contributed by atoms with Crippen molar-refractivity contribution in [2.75, 3.05) is 18.8 Å². The molecule has 1 aromatic carbocycles. The molecule has 15 heavy (non-hydrogen) atoms. The largest absolute Gasteiger partial charge is 0.399 e. The quantitative estimate of drug-likeness (QED) is 0.833. The number of hydrogen-bond donors (Lipinski definition) is 1. The highest BCUT2D eigenvalue weighted by molar-refractivity contribution is 9.10. The molecule has 0 radical (unpaired) electrons. The fourth-order valence-electron chi connectivity index (χ4n) is 1.60. The minimum absolute atomic E-state index is 0.809. The minimum Gasteiger partial charge on any atom is -0.399 e. The van der Waals surface area contributed by atoms with Gasteiger partial charge in [0, 0.05) is 16.7 Å². The zero-order valence-corrected chi connectivity index (χ0v) is 11.0. The first kappa shape index (κ1) is 12.5. The Balaban J connectivity index is 2.70. The maximum atomic E-state index is 5.71. The van der Waals surface area contributed by atoms with E-state index in [1.165, 1.54) is 12.0 Å². The summed E-state index contributed by atoms with van der Waals surface area (Å²) in [6.45, 7) is 7.63. The van der Waals surface area contributed by atoms with Gasteiger partial charge in [0.25, 0.3) is 0 Å². The fraction of sp³-hybridized carbons (Fsp3) is 0.500. The summed E-state index contributed by atoms with van der Waals surface area (Å²) in [6.07, 6.45) is 1.19. The van der Waals surface area contributed by atoms with E-state index in [1.807, 2.05) is 12.1 Å². The smallest absolute Gasteiger partial charge is 0.0325 e. The Bertz CT molecular complexity index is 312. The van der Waals surface area contributed by atoms with Gasteiger partial charge >= 0.3 is 0 Å². The lowest BCUT2D eigenvalue weighted by atomic mass is 10.2. The SMILES string of the molecule is CCCN(CC)Cc1ccc(N)cc1Br. The van der Waals surface area contributed by atoms with Crippen LogP contribution in [0.4, 0.5) is 5.69 Å². The predicted octanol–water partition coefficient (Wildman–Crippen LogP) is 3.26. The van der Waals surface area contributed by atoms with Gasteiger partial charge in [-0.2, -0.15) is 0 Å². The van der Waals surface area contributed by atoms with Crippen molar-refractivity contribution in [1.29, 1.82) is 0 Å². The van der Waals surface area contributed by atoms with Crippen molar-refractivity contribution in [2.24, 2.45) is 0 Å². The summed E-state index contributed by atoms with van der Waals surface area (Å²) in [6, 6.07) is 6.02. The average molecular weight is 271 g/mol. The van der Waals surface area contributed by atoms with Crippen LogP contribution in [0, 0.1) is 0 Å². The van der Waals surface area contributed by atoms with E-state index in [4.69, 9.17) is 5.73 Å². The van der Waals surface area contributed by atoms with Gasteiger partial charge in [0.2, 0.25) is 0 Å². The first-order valence-corrected chi connectivity index (χ1v) is 6.23. The highest BCUT2D eigenvalue weighted by Crippen LogP contribution is 2.21. The summed E-state index contributed by atoms with van der Waals surface area (Å²) in [5.74, 6) is 0. The Morgan fingerprint density at radius 3 is 2.60 bits per heavy atom. The molecule has 3 heteroatoms. The van der Waals surface area contributed by atoms with Gasteiger partial charge < -0.3 is 5.73 Å². The van der Waals surface area contributed by atoms with E-state index in [0.29, 0.717) is 0 Å². The standard InChI is InChI=1S/C12H19BrN2/c1-3-7-15(4-2)9-10-5-6-11(14)8-12(10)13/h5-6,8H,3-4,7,9,14H2,1-2H3. The van der Waals surface area contributed by atoms with Crippen LogP contribution >= 0.6 is 15.9 Å². The van der Waals surface area contributed by atoms with E-state index >= 15 is 0 Å². The van der Waals surface area contributed by atoms with Crippen LogP contribution in [0.3, 0.4) is 0 Å². The van der Waals surface area contributed by atoms with Crippen LogP contribution in [0.25, 0.3) is 0 Å². The number of benzene rings is 1. The van der Waals surface area contributed by atoms with Crippen LogP contribution < -0.4 is 5.73 Å². The molecule has 0 fully saturated rings. The van der Waals surface area contributed by atoms with Crippen LogP contribution in [-0.4, -0.2) is 18.0 Å². The molecule has 1 aromatic rings. The van der Waals surface area contributed by atoms with Crippen molar-refractivity contribution >= 4 is 21.6 Å². The van der Waals surface area contributed by atoms with Gasteiger partial charge in [0.15, 0.2) is 0 Å². The molecule has 0 unspecified atom stereocenters. The summed E-state index contributed by atoms with van der Waals surface area (Å²) >= 11 is 3.55. The molecule has 0 aliphatic carbocycles. The number of nitrogens with zero attached hydrogens (tertiary/aromatic N) is 1. The minimum atomic E-state index is 0.809. The summed E-state index contributed by atoms with van der Waals surface area (Å²) in [5.41, 5.74) is 7.82. The molecule has 0 aromatic heterocycles. The molecule has 0 saturated heterocycles. The van der Waals surface area contributed by atoms with E-state index in [9.17, 15) is 0 Å².